The molecule has 7 heteroatoms. The number of methoxy groups -OCH3 is 2. The first-order valence-corrected chi connectivity index (χ1v) is 4.48. The second-order valence-corrected chi connectivity index (χ2v) is 2.72. The fourth-order valence-electron chi connectivity index (χ4n) is 0.964. The molecule has 16 heavy (non-hydrogen) atoms. The van der Waals surface area contributed by atoms with Crippen molar-refractivity contribution >= 4 is 11.9 Å². The van der Waals surface area contributed by atoms with Crippen molar-refractivity contribution in [2.45, 2.75) is 6.42 Å². The van der Waals surface area contributed by atoms with E-state index < -0.39 is 17.9 Å². The van der Waals surface area contributed by atoms with Crippen LogP contribution in [-0.4, -0.2) is 32.7 Å². The quantitative estimate of drug-likeness (QED) is 0.170. The Morgan fingerprint density at radius 1 is 1.31 bits per heavy atom. The molecule has 7 nitrogen and oxygen atoms in total. The highest BCUT2D eigenvalue weighted by Crippen LogP contribution is 2.08. The number of hydrogen-bond acceptors (Lipinski definition) is 5. The Kier molecular flexibility index (Phi) is 7.27. The highest BCUT2D eigenvalue weighted by molar-refractivity contribution is 5.94. The number of carbonyl (C=O) groups excluding carboxylic acids is 2. The van der Waals surface area contributed by atoms with Crippen LogP contribution in [0.15, 0.2) is 17.3 Å². The van der Waals surface area contributed by atoms with E-state index in [4.69, 9.17) is 5.53 Å². The molecule has 0 aromatic heterocycles. The average molecular weight is 227 g/mol. The fraction of sp³-hybridized carbons (Fsp3) is 0.556. The van der Waals surface area contributed by atoms with Crippen molar-refractivity contribution in [3.8, 4) is 0 Å². The van der Waals surface area contributed by atoms with Gasteiger partial charge in [0.1, 0.15) is 0 Å². The van der Waals surface area contributed by atoms with Crippen LogP contribution in [0.1, 0.15) is 6.42 Å². The fourth-order valence-corrected chi connectivity index (χ4v) is 0.964. The number of allylic oxidation sites excluding steroid dienone is 1. The number of azide groups is 1. The summed E-state index contributed by atoms with van der Waals surface area (Å²) in [4.78, 5) is 24.9. The summed E-state index contributed by atoms with van der Waals surface area (Å²) in [6.07, 6.45) is 3.27. The Morgan fingerprint density at radius 3 is 2.31 bits per heavy atom. The molecule has 0 saturated heterocycles. The van der Waals surface area contributed by atoms with Gasteiger partial charge in [-0.3, -0.25) is 9.59 Å². The van der Waals surface area contributed by atoms with Crippen LogP contribution in [0.5, 0.6) is 0 Å². The summed E-state index contributed by atoms with van der Waals surface area (Å²) in [5.74, 6) is -2.28. The zero-order chi connectivity index (χ0) is 12.4. The smallest absolute Gasteiger partial charge is 0.320 e. The lowest BCUT2D eigenvalue weighted by Crippen LogP contribution is -2.25. The summed E-state index contributed by atoms with van der Waals surface area (Å²) < 4.78 is 8.92. The van der Waals surface area contributed by atoms with Gasteiger partial charge in [0.05, 0.1) is 14.2 Å². The van der Waals surface area contributed by atoms with Crippen molar-refractivity contribution in [1.29, 1.82) is 0 Å². The molecule has 0 saturated carbocycles. The predicted molar refractivity (Wildman–Crippen MR) is 55.3 cm³/mol. The molecule has 0 unspecified atom stereocenters. The number of ether oxygens (including phenoxy) is 2. The van der Waals surface area contributed by atoms with Crippen molar-refractivity contribution < 1.29 is 19.1 Å². The molecular formula is C9H13N3O4. The SMILES string of the molecule is COC(=O)C(C/C=C/CN=[N+]=[N-])C(=O)OC. The van der Waals surface area contributed by atoms with Crippen LogP contribution in [0, 0.1) is 5.92 Å². The Labute approximate surface area is 92.7 Å². The first-order valence-electron chi connectivity index (χ1n) is 4.48. The van der Waals surface area contributed by atoms with Gasteiger partial charge in [-0.15, -0.1) is 0 Å². The Balaban J connectivity index is 4.32. The van der Waals surface area contributed by atoms with Gasteiger partial charge in [-0.1, -0.05) is 17.3 Å². The number of esters is 2. The minimum Gasteiger partial charge on any atom is -0.468 e. The summed E-state index contributed by atoms with van der Waals surface area (Å²) in [6, 6.07) is 0. The van der Waals surface area contributed by atoms with Gasteiger partial charge < -0.3 is 9.47 Å². The van der Waals surface area contributed by atoms with Gasteiger partial charge in [0.2, 0.25) is 0 Å². The van der Waals surface area contributed by atoms with Gasteiger partial charge in [0, 0.05) is 11.5 Å². The summed E-state index contributed by atoms with van der Waals surface area (Å²) >= 11 is 0. The van der Waals surface area contributed by atoms with E-state index in [1.807, 2.05) is 0 Å². The molecule has 88 valence electrons. The first kappa shape index (κ1) is 14.0. The molecule has 0 amide bonds. The minimum absolute atomic E-state index is 0.153. The zero-order valence-corrected chi connectivity index (χ0v) is 9.12. The minimum atomic E-state index is -0.975. The highest BCUT2D eigenvalue weighted by Gasteiger charge is 2.26. The van der Waals surface area contributed by atoms with Crippen LogP contribution in [0.2, 0.25) is 0 Å². The van der Waals surface area contributed by atoms with Gasteiger partial charge >= 0.3 is 11.9 Å². The summed E-state index contributed by atoms with van der Waals surface area (Å²) in [5, 5.41) is 3.26. The third-order valence-corrected chi connectivity index (χ3v) is 1.76. The molecule has 0 aliphatic carbocycles. The molecule has 0 heterocycles. The van der Waals surface area contributed by atoms with Crippen molar-refractivity contribution in [3.05, 3.63) is 22.6 Å². The average Bonchev–Trinajstić information content (AvgIpc) is 2.32. The van der Waals surface area contributed by atoms with E-state index in [1.54, 1.807) is 12.2 Å². The van der Waals surface area contributed by atoms with E-state index in [-0.39, 0.29) is 13.0 Å². The van der Waals surface area contributed by atoms with Crippen molar-refractivity contribution in [2.24, 2.45) is 11.0 Å². The molecule has 0 radical (unpaired) electrons. The van der Waals surface area contributed by atoms with Crippen LogP contribution in [0.25, 0.3) is 10.4 Å². The number of nitrogens with zero attached hydrogens (tertiary/aromatic N) is 3. The van der Waals surface area contributed by atoms with Crippen LogP contribution >= 0.6 is 0 Å². The molecule has 0 aliphatic rings. The number of hydrogen-bond donors (Lipinski definition) is 0. The molecule has 0 rings (SSSR count). The van der Waals surface area contributed by atoms with Gasteiger partial charge in [-0.05, 0) is 12.0 Å². The zero-order valence-electron chi connectivity index (χ0n) is 9.12. The van der Waals surface area contributed by atoms with Crippen LogP contribution in [-0.2, 0) is 19.1 Å². The second-order valence-electron chi connectivity index (χ2n) is 2.72. The molecule has 0 atom stereocenters. The van der Waals surface area contributed by atoms with Gasteiger partial charge in [-0.2, -0.15) is 0 Å². The molecule has 0 N–H and O–H groups in total. The van der Waals surface area contributed by atoms with Crippen molar-refractivity contribution in [1.82, 2.24) is 0 Å². The molecule has 0 spiro atoms. The predicted octanol–water partition coefficient (Wildman–Crippen LogP) is 1.21. The van der Waals surface area contributed by atoms with Gasteiger partial charge in [0.15, 0.2) is 5.92 Å². The van der Waals surface area contributed by atoms with E-state index in [0.717, 1.165) is 0 Å². The van der Waals surface area contributed by atoms with Gasteiger partial charge in [0.25, 0.3) is 0 Å². The van der Waals surface area contributed by atoms with E-state index >= 15 is 0 Å². The molecule has 0 fully saturated rings. The largest absolute Gasteiger partial charge is 0.468 e. The lowest BCUT2D eigenvalue weighted by Gasteiger charge is -2.09. The normalized spacial score (nSPS) is 9.94. The number of rotatable bonds is 6. The lowest BCUT2D eigenvalue weighted by molar-refractivity contribution is -0.158. The van der Waals surface area contributed by atoms with E-state index in [1.165, 1.54) is 14.2 Å². The standard InChI is InChI=1S/C9H13N3O4/c1-15-8(13)7(9(14)16-2)5-3-4-6-11-12-10/h3-4,7H,5-6H2,1-2H3/b4-3+. The van der Waals surface area contributed by atoms with Gasteiger partial charge in [-0.25, -0.2) is 0 Å². The first-order chi connectivity index (χ1) is 7.67. The monoisotopic (exact) mass is 227 g/mol. The van der Waals surface area contributed by atoms with Crippen molar-refractivity contribution in [2.75, 3.05) is 20.8 Å². The highest BCUT2D eigenvalue weighted by atomic mass is 16.5. The Hall–Kier alpha value is -2.01. The third-order valence-electron chi connectivity index (χ3n) is 1.76. The molecule has 0 aromatic rings. The van der Waals surface area contributed by atoms with Crippen LogP contribution in [0.3, 0.4) is 0 Å². The lowest BCUT2D eigenvalue weighted by atomic mass is 10.1. The summed E-state index contributed by atoms with van der Waals surface area (Å²) in [5.41, 5.74) is 8.00. The Morgan fingerprint density at radius 2 is 1.88 bits per heavy atom. The second kappa shape index (κ2) is 8.31. The summed E-state index contributed by atoms with van der Waals surface area (Å²) in [6.45, 7) is 0.172. The van der Waals surface area contributed by atoms with Crippen molar-refractivity contribution in [3.63, 3.8) is 0 Å². The van der Waals surface area contributed by atoms with E-state index in [0.29, 0.717) is 0 Å². The summed E-state index contributed by atoms with van der Waals surface area (Å²) in [7, 11) is 2.39. The molecular weight excluding hydrogens is 214 g/mol. The number of carbonyl (C=O) groups is 2. The maximum absolute atomic E-state index is 11.2. The van der Waals surface area contributed by atoms with E-state index in [2.05, 4.69) is 19.5 Å². The Bertz CT molecular complexity index is 305. The van der Waals surface area contributed by atoms with Crippen LogP contribution < -0.4 is 0 Å². The van der Waals surface area contributed by atoms with Crippen LogP contribution in [0.4, 0.5) is 0 Å². The third kappa shape index (κ3) is 5.02. The molecule has 0 aliphatic heterocycles. The maximum Gasteiger partial charge on any atom is 0.320 e. The topological polar surface area (TPSA) is 101 Å². The molecule has 0 bridgehead atoms. The van der Waals surface area contributed by atoms with E-state index in [9.17, 15) is 9.59 Å². The maximum atomic E-state index is 11.2. The molecule has 0 aromatic carbocycles.